The Morgan fingerprint density at radius 2 is 1.36 bits per heavy atom. The number of aromatic nitrogens is 2. The molecule has 0 N–H and O–H groups in total. The summed E-state index contributed by atoms with van der Waals surface area (Å²) in [5.41, 5.74) is 6.74. The van der Waals surface area contributed by atoms with Crippen molar-refractivity contribution in [3.8, 4) is 22.4 Å². The zero-order chi connectivity index (χ0) is 25.9. The van der Waals surface area contributed by atoms with Gasteiger partial charge in [0.1, 0.15) is 0 Å². The van der Waals surface area contributed by atoms with E-state index in [1.54, 1.807) is 11.3 Å². The zero-order valence-corrected chi connectivity index (χ0v) is 21.5. The van der Waals surface area contributed by atoms with Crippen molar-refractivity contribution >= 4 is 69.8 Å². The lowest BCUT2D eigenvalue weighted by Crippen LogP contribution is -1.93. The summed E-state index contributed by atoms with van der Waals surface area (Å²) in [6, 6.07) is 37.9. The number of hydrogen-bond acceptors (Lipinski definition) is 3. The first kappa shape index (κ1) is 21.9. The maximum Gasteiger partial charge on any atom is 0.187 e. The van der Waals surface area contributed by atoms with Gasteiger partial charge in [-0.15, -0.1) is 11.3 Å². The van der Waals surface area contributed by atoms with Gasteiger partial charge in [-0.1, -0.05) is 84.9 Å². The van der Waals surface area contributed by atoms with Gasteiger partial charge < -0.3 is 0 Å². The highest BCUT2D eigenvalue weighted by molar-refractivity contribution is 7.25. The first-order valence-electron chi connectivity index (χ1n) is 12.8. The van der Waals surface area contributed by atoms with Crippen molar-refractivity contribution in [1.29, 1.82) is 0 Å². The summed E-state index contributed by atoms with van der Waals surface area (Å²) in [5.74, 6) is 0. The van der Waals surface area contributed by atoms with Crippen LogP contribution in [-0.2, 0) is 0 Å². The van der Waals surface area contributed by atoms with Gasteiger partial charge in [0.2, 0.25) is 0 Å². The molecule has 4 heteroatoms. The molecular formula is C35H19N3S. The molecule has 0 aliphatic heterocycles. The minimum Gasteiger partial charge on any atom is -0.253 e. The Labute approximate surface area is 228 Å². The minimum atomic E-state index is 0.670. The zero-order valence-electron chi connectivity index (χ0n) is 20.7. The van der Waals surface area contributed by atoms with Crippen molar-refractivity contribution in [2.45, 2.75) is 0 Å². The lowest BCUT2D eigenvalue weighted by Gasteiger charge is -2.13. The molecule has 0 saturated heterocycles. The predicted molar refractivity (Wildman–Crippen MR) is 165 cm³/mol. The molecule has 8 aromatic rings. The highest BCUT2D eigenvalue weighted by Crippen LogP contribution is 2.40. The van der Waals surface area contributed by atoms with Crippen LogP contribution in [0.3, 0.4) is 0 Å². The van der Waals surface area contributed by atoms with Crippen LogP contribution >= 0.6 is 11.3 Å². The van der Waals surface area contributed by atoms with Crippen LogP contribution in [0.1, 0.15) is 0 Å². The Hall–Kier alpha value is -5.11. The summed E-state index contributed by atoms with van der Waals surface area (Å²) < 4.78 is 2.43. The van der Waals surface area contributed by atoms with E-state index in [4.69, 9.17) is 16.5 Å². The first-order chi connectivity index (χ1) is 19.3. The van der Waals surface area contributed by atoms with Crippen LogP contribution in [0.4, 0.5) is 5.69 Å². The van der Waals surface area contributed by atoms with Crippen molar-refractivity contribution in [2.24, 2.45) is 0 Å². The fraction of sp³-hybridized carbons (Fsp3) is 0. The maximum absolute atomic E-state index is 7.44. The van der Waals surface area contributed by atoms with Gasteiger partial charge in [0, 0.05) is 37.3 Å². The van der Waals surface area contributed by atoms with Crippen LogP contribution < -0.4 is 0 Å². The average molecular weight is 514 g/mol. The highest BCUT2D eigenvalue weighted by atomic mass is 32.1. The molecule has 0 spiro atoms. The average Bonchev–Trinajstić information content (AvgIpc) is 3.37. The van der Waals surface area contributed by atoms with E-state index in [1.807, 2.05) is 36.5 Å². The molecule has 0 unspecified atom stereocenters. The lowest BCUT2D eigenvalue weighted by atomic mass is 9.96. The molecule has 0 bridgehead atoms. The number of thiophene rings is 1. The van der Waals surface area contributed by atoms with Gasteiger partial charge in [0.05, 0.1) is 23.3 Å². The van der Waals surface area contributed by atoms with Crippen LogP contribution in [0.15, 0.2) is 115 Å². The van der Waals surface area contributed by atoms with Crippen LogP contribution in [0.5, 0.6) is 0 Å². The first-order valence-corrected chi connectivity index (χ1v) is 13.6. The van der Waals surface area contributed by atoms with Crippen LogP contribution in [0, 0.1) is 6.57 Å². The Bertz CT molecular complexity index is 2290. The maximum atomic E-state index is 7.44. The van der Waals surface area contributed by atoms with E-state index in [-0.39, 0.29) is 0 Å². The predicted octanol–water partition coefficient (Wildman–Crippen LogP) is 10.2. The number of pyridine rings is 2. The second-order valence-electron chi connectivity index (χ2n) is 9.73. The molecule has 180 valence electrons. The molecule has 0 aliphatic carbocycles. The van der Waals surface area contributed by atoms with E-state index in [1.165, 1.54) is 20.2 Å². The second-order valence-corrected chi connectivity index (χ2v) is 10.8. The Kier molecular flexibility index (Phi) is 4.75. The molecule has 39 heavy (non-hydrogen) atoms. The SMILES string of the molecule is [C-]#[N+]c1ccc2sc3ccc(-c4ccc5c(c4)nc(-c4ccccc4)c4ncc6ccccc6c45)cc3c2c1. The summed E-state index contributed by atoms with van der Waals surface area (Å²) >= 11 is 1.77. The standard InChI is InChI=1S/C35H19N3S/c1-36-25-13-16-32-29(19-25)28-17-22(12-15-31(28)39-32)23-11-14-27-30(18-23)38-34(21-7-3-2-4-8-21)35-33(27)26-10-6-5-9-24(26)20-37-35/h2-20H. The van der Waals surface area contributed by atoms with E-state index in [0.29, 0.717) is 5.69 Å². The number of fused-ring (bicyclic) bond motifs is 8. The molecule has 0 saturated carbocycles. The van der Waals surface area contributed by atoms with Gasteiger partial charge >= 0.3 is 0 Å². The highest BCUT2D eigenvalue weighted by Gasteiger charge is 2.15. The molecule has 0 amide bonds. The summed E-state index contributed by atoms with van der Waals surface area (Å²) in [6.45, 7) is 7.44. The largest absolute Gasteiger partial charge is 0.253 e. The topological polar surface area (TPSA) is 30.1 Å². The normalized spacial score (nSPS) is 11.6. The van der Waals surface area contributed by atoms with Gasteiger partial charge in [0.15, 0.2) is 5.69 Å². The third kappa shape index (κ3) is 3.41. The number of rotatable bonds is 2. The Morgan fingerprint density at radius 1 is 0.615 bits per heavy atom. The van der Waals surface area contributed by atoms with Crippen molar-refractivity contribution in [1.82, 2.24) is 9.97 Å². The summed E-state index contributed by atoms with van der Waals surface area (Å²) in [7, 11) is 0. The van der Waals surface area contributed by atoms with E-state index < -0.39 is 0 Å². The van der Waals surface area contributed by atoms with Crippen molar-refractivity contribution < 1.29 is 0 Å². The van der Waals surface area contributed by atoms with Crippen LogP contribution in [0.25, 0.3) is 80.0 Å². The third-order valence-electron chi connectivity index (χ3n) is 7.49. The van der Waals surface area contributed by atoms with E-state index in [0.717, 1.165) is 55.0 Å². The number of benzene rings is 5. The molecule has 8 rings (SSSR count). The van der Waals surface area contributed by atoms with Gasteiger partial charge in [-0.2, -0.15) is 0 Å². The molecule has 0 fully saturated rings. The molecular weight excluding hydrogens is 494 g/mol. The fourth-order valence-electron chi connectivity index (χ4n) is 5.62. The third-order valence-corrected chi connectivity index (χ3v) is 8.64. The summed E-state index contributed by atoms with van der Waals surface area (Å²) in [4.78, 5) is 13.7. The summed E-state index contributed by atoms with van der Waals surface area (Å²) in [5, 5.41) is 6.86. The fourth-order valence-corrected chi connectivity index (χ4v) is 6.68. The monoisotopic (exact) mass is 513 g/mol. The van der Waals surface area contributed by atoms with Gasteiger partial charge in [-0.25, -0.2) is 9.83 Å². The smallest absolute Gasteiger partial charge is 0.187 e. The van der Waals surface area contributed by atoms with Crippen LogP contribution in [0.2, 0.25) is 0 Å². The number of hydrogen-bond donors (Lipinski definition) is 0. The molecule has 3 nitrogen and oxygen atoms in total. The van der Waals surface area contributed by atoms with Gasteiger partial charge in [0.25, 0.3) is 0 Å². The van der Waals surface area contributed by atoms with Gasteiger partial charge in [-0.05, 0) is 51.6 Å². The van der Waals surface area contributed by atoms with Crippen molar-refractivity contribution in [2.75, 3.05) is 0 Å². The molecule has 5 aromatic carbocycles. The van der Waals surface area contributed by atoms with Gasteiger partial charge in [-0.3, -0.25) is 4.98 Å². The molecule has 3 heterocycles. The number of nitrogens with zero attached hydrogens (tertiary/aromatic N) is 3. The lowest BCUT2D eigenvalue weighted by molar-refractivity contribution is 1.37. The summed E-state index contributed by atoms with van der Waals surface area (Å²) in [6.07, 6.45) is 1.95. The molecule has 0 atom stereocenters. The molecule has 3 aromatic heterocycles. The van der Waals surface area contributed by atoms with Crippen LogP contribution in [-0.4, -0.2) is 9.97 Å². The van der Waals surface area contributed by atoms with E-state index >= 15 is 0 Å². The molecule has 0 radical (unpaired) electrons. The second kappa shape index (κ2) is 8.46. The van der Waals surface area contributed by atoms with E-state index in [2.05, 4.69) is 83.7 Å². The Morgan fingerprint density at radius 3 is 2.23 bits per heavy atom. The van der Waals surface area contributed by atoms with Crippen molar-refractivity contribution in [3.63, 3.8) is 0 Å². The van der Waals surface area contributed by atoms with E-state index in [9.17, 15) is 0 Å². The van der Waals surface area contributed by atoms with Crippen molar-refractivity contribution in [3.05, 3.63) is 127 Å². The Balaban J connectivity index is 1.41. The quantitative estimate of drug-likeness (QED) is 0.170. The molecule has 0 aliphatic rings. The minimum absolute atomic E-state index is 0.670.